The van der Waals surface area contributed by atoms with Crippen LogP contribution in [0.4, 0.5) is 0 Å². The van der Waals surface area contributed by atoms with Gasteiger partial charge in [0.05, 0.1) is 0 Å². The van der Waals surface area contributed by atoms with E-state index in [0.717, 1.165) is 12.8 Å². The van der Waals surface area contributed by atoms with E-state index in [0.29, 0.717) is 6.42 Å². The van der Waals surface area contributed by atoms with Crippen molar-refractivity contribution in [2.24, 2.45) is 0 Å². The van der Waals surface area contributed by atoms with Gasteiger partial charge in [0.25, 0.3) is 0 Å². The summed E-state index contributed by atoms with van der Waals surface area (Å²) < 4.78 is 0. The summed E-state index contributed by atoms with van der Waals surface area (Å²) in [6, 6.07) is 0. The van der Waals surface area contributed by atoms with E-state index in [2.05, 4.69) is 6.92 Å². The van der Waals surface area contributed by atoms with Crippen LogP contribution in [-0.4, -0.2) is 10.2 Å². The van der Waals surface area contributed by atoms with Gasteiger partial charge in [-0.3, -0.25) is 0 Å². The first-order valence-corrected chi connectivity index (χ1v) is 8.01. The fourth-order valence-corrected chi connectivity index (χ4v) is 2.30. The van der Waals surface area contributed by atoms with E-state index in [-0.39, 0.29) is 29.6 Å². The fourth-order valence-electron chi connectivity index (χ4n) is 2.30. The third-order valence-corrected chi connectivity index (χ3v) is 3.50. The van der Waals surface area contributed by atoms with E-state index >= 15 is 0 Å². The summed E-state index contributed by atoms with van der Waals surface area (Å²) in [6.45, 7) is 2.26. The molecular weight excluding hydrogens is 247 g/mol. The molecule has 0 aliphatic heterocycles. The van der Waals surface area contributed by atoms with Gasteiger partial charge in [-0.15, -0.1) is 6.42 Å². The molecule has 0 amide bonds. The van der Waals surface area contributed by atoms with Gasteiger partial charge < -0.3 is 10.2 Å². The van der Waals surface area contributed by atoms with Crippen molar-refractivity contribution in [3.63, 3.8) is 0 Å². The van der Waals surface area contributed by atoms with Crippen molar-refractivity contribution in [3.05, 3.63) is 6.29 Å². The fraction of sp³-hybridized carbons (Fsp3) is 0.938. The molecule has 0 spiro atoms. The Morgan fingerprint density at radius 1 is 0.579 bits per heavy atom. The summed E-state index contributed by atoms with van der Waals surface area (Å²) in [5.41, 5.74) is 0. The van der Waals surface area contributed by atoms with Crippen LogP contribution in [0, 0.1) is 6.29 Å². The van der Waals surface area contributed by atoms with Gasteiger partial charge in [-0.05, 0) is 0 Å². The van der Waals surface area contributed by atoms with Gasteiger partial charge in [-0.1, -0.05) is 96.7 Å². The maximum absolute atomic E-state index is 8.60. The van der Waals surface area contributed by atoms with Crippen LogP contribution in [0.1, 0.15) is 96.8 Å². The average molecular weight is 280 g/mol. The summed E-state index contributed by atoms with van der Waals surface area (Å²) in [4.78, 5) is 0. The van der Waals surface area contributed by atoms with Gasteiger partial charge in [0.1, 0.15) is 0 Å². The van der Waals surface area contributed by atoms with Gasteiger partial charge in [-0.2, -0.15) is 0 Å². The average Bonchev–Trinajstić information content (AvgIpc) is 2.34. The Morgan fingerprint density at radius 3 is 1.21 bits per heavy atom. The predicted molar refractivity (Wildman–Crippen MR) is 77.4 cm³/mol. The predicted octanol–water partition coefficient (Wildman–Crippen LogP) is 2.71. The maximum Gasteiger partial charge on any atom is 1.00 e. The Balaban J connectivity index is 0. The van der Waals surface area contributed by atoms with E-state index in [1.54, 1.807) is 0 Å². The zero-order valence-electron chi connectivity index (χ0n) is 13.3. The molecule has 110 valence electrons. The van der Waals surface area contributed by atoms with Crippen LogP contribution < -0.4 is 29.6 Å². The second-order valence-corrected chi connectivity index (χ2v) is 5.41. The van der Waals surface area contributed by atoms with Crippen molar-refractivity contribution < 1.29 is 39.8 Å². The Labute approximate surface area is 142 Å². The van der Waals surface area contributed by atoms with Crippen LogP contribution in [0.5, 0.6) is 0 Å². The molecule has 0 aromatic rings. The zero-order chi connectivity index (χ0) is 13.5. The molecule has 0 heterocycles. The molecule has 0 atom stereocenters. The summed E-state index contributed by atoms with van der Waals surface area (Å²) >= 11 is 0. The first kappa shape index (κ1) is 22.2. The molecule has 0 saturated carbocycles. The summed E-state index contributed by atoms with van der Waals surface area (Å²) in [5, 5.41) is 17.2. The minimum absolute atomic E-state index is 0. The minimum Gasteiger partial charge on any atom is -0.536 e. The van der Waals surface area contributed by atoms with Crippen molar-refractivity contribution in [1.82, 2.24) is 0 Å². The SMILES string of the molecule is CCCCCCCCCCCCCCC[C-](O)O.[Na+]. The van der Waals surface area contributed by atoms with Crippen molar-refractivity contribution in [1.29, 1.82) is 0 Å². The van der Waals surface area contributed by atoms with Gasteiger partial charge in [0.2, 0.25) is 0 Å². The van der Waals surface area contributed by atoms with E-state index in [9.17, 15) is 0 Å². The molecule has 0 fully saturated rings. The molecular formula is C16H33NaO2. The number of aliphatic hydroxyl groups excluding tert-OH is 1. The first-order valence-electron chi connectivity index (χ1n) is 8.01. The molecule has 3 heteroatoms. The molecule has 0 radical (unpaired) electrons. The van der Waals surface area contributed by atoms with Crippen LogP contribution in [0.15, 0.2) is 0 Å². The standard InChI is InChI=1S/C16H33O2.Na/c1-2-3-4-5-6-7-8-9-10-11-12-13-14-15-16(17)18;/h17-18H,2-15H2,1H3;/q-1;+1. The van der Waals surface area contributed by atoms with Crippen molar-refractivity contribution in [2.75, 3.05) is 0 Å². The van der Waals surface area contributed by atoms with E-state index in [1.807, 2.05) is 0 Å². The van der Waals surface area contributed by atoms with E-state index < -0.39 is 6.29 Å². The molecule has 0 aliphatic rings. The summed E-state index contributed by atoms with van der Waals surface area (Å²) in [5.74, 6) is 0. The monoisotopic (exact) mass is 280 g/mol. The Bertz CT molecular complexity index is 152. The van der Waals surface area contributed by atoms with Gasteiger partial charge in [-0.25, -0.2) is 0 Å². The third kappa shape index (κ3) is 21.4. The Morgan fingerprint density at radius 2 is 0.895 bits per heavy atom. The van der Waals surface area contributed by atoms with Crippen molar-refractivity contribution in [2.45, 2.75) is 96.8 Å². The van der Waals surface area contributed by atoms with Crippen molar-refractivity contribution >= 4 is 0 Å². The molecule has 19 heavy (non-hydrogen) atoms. The number of hydrogen-bond acceptors (Lipinski definition) is 2. The van der Waals surface area contributed by atoms with Gasteiger partial charge in [0.15, 0.2) is 0 Å². The molecule has 0 saturated heterocycles. The number of rotatable bonds is 14. The molecule has 0 aliphatic carbocycles. The van der Waals surface area contributed by atoms with E-state index in [1.165, 1.54) is 70.6 Å². The summed E-state index contributed by atoms with van der Waals surface area (Å²) in [6.07, 6.45) is 17.2. The molecule has 0 aromatic carbocycles. The molecule has 0 unspecified atom stereocenters. The molecule has 0 aromatic heterocycles. The normalized spacial score (nSPS) is 10.7. The van der Waals surface area contributed by atoms with Gasteiger partial charge in [0, 0.05) is 0 Å². The molecule has 2 N–H and O–H groups in total. The quantitative estimate of drug-likeness (QED) is 0.292. The van der Waals surface area contributed by atoms with Crippen LogP contribution >= 0.6 is 0 Å². The number of aliphatic hydroxyl groups is 2. The van der Waals surface area contributed by atoms with Crippen LogP contribution in [0.25, 0.3) is 0 Å². The van der Waals surface area contributed by atoms with Crippen LogP contribution in [-0.2, 0) is 0 Å². The number of hydrogen-bond donors (Lipinski definition) is 2. The van der Waals surface area contributed by atoms with Crippen molar-refractivity contribution in [3.8, 4) is 0 Å². The van der Waals surface area contributed by atoms with Crippen LogP contribution in [0.2, 0.25) is 0 Å². The second-order valence-electron chi connectivity index (χ2n) is 5.41. The minimum atomic E-state index is -0.405. The largest absolute Gasteiger partial charge is 1.00 e. The topological polar surface area (TPSA) is 40.5 Å². The first-order chi connectivity index (χ1) is 8.77. The third-order valence-electron chi connectivity index (χ3n) is 3.50. The Hall–Kier alpha value is 0.920. The molecule has 2 nitrogen and oxygen atoms in total. The second kappa shape index (κ2) is 18.9. The van der Waals surface area contributed by atoms with E-state index in [4.69, 9.17) is 10.2 Å². The smallest absolute Gasteiger partial charge is 0.536 e. The van der Waals surface area contributed by atoms with Gasteiger partial charge >= 0.3 is 29.6 Å². The zero-order valence-corrected chi connectivity index (χ0v) is 15.3. The molecule has 0 rings (SSSR count). The summed E-state index contributed by atoms with van der Waals surface area (Å²) in [7, 11) is 0. The maximum atomic E-state index is 8.60. The Kier molecular flexibility index (Phi) is 22.1. The van der Waals surface area contributed by atoms with Crippen LogP contribution in [0.3, 0.4) is 0 Å². The number of unbranched alkanes of at least 4 members (excludes halogenated alkanes) is 12. The molecule has 0 bridgehead atoms.